The number of hydrogen-bond acceptors (Lipinski definition) is 8. The van der Waals surface area contributed by atoms with Crippen LogP contribution >= 0.6 is 23.2 Å². The van der Waals surface area contributed by atoms with Gasteiger partial charge in [0.25, 0.3) is 11.5 Å². The zero-order chi connectivity index (χ0) is 31.5. The number of amides is 2. The Morgan fingerprint density at radius 1 is 1.09 bits per heavy atom. The molecule has 1 saturated heterocycles. The summed E-state index contributed by atoms with van der Waals surface area (Å²) in [6.45, 7) is 1.12. The lowest BCUT2D eigenvalue weighted by molar-refractivity contribution is -0.119. The van der Waals surface area contributed by atoms with Gasteiger partial charge in [0.05, 0.1) is 28.5 Å². The molecule has 12 nitrogen and oxygen atoms in total. The highest BCUT2D eigenvalue weighted by molar-refractivity contribution is 6.39. The van der Waals surface area contributed by atoms with E-state index < -0.39 is 17.2 Å². The van der Waals surface area contributed by atoms with Gasteiger partial charge in [0, 0.05) is 68.7 Å². The van der Waals surface area contributed by atoms with Gasteiger partial charge in [-0.25, -0.2) is 9.78 Å². The summed E-state index contributed by atoms with van der Waals surface area (Å²) in [5.41, 5.74) is 1.50. The topological polar surface area (TPSA) is 149 Å². The second-order valence-corrected chi connectivity index (χ2v) is 11.0. The monoisotopic (exact) mass is 637 g/mol. The number of hydrogen-bond donors (Lipinski definition) is 3. The minimum Gasteiger partial charge on any atom is -0.481 e. The Morgan fingerprint density at radius 2 is 1.86 bits per heavy atom. The predicted molar refractivity (Wildman–Crippen MR) is 167 cm³/mol. The van der Waals surface area contributed by atoms with Crippen molar-refractivity contribution in [1.82, 2.24) is 29.7 Å². The Morgan fingerprint density at radius 3 is 2.59 bits per heavy atom. The van der Waals surface area contributed by atoms with Gasteiger partial charge in [-0.1, -0.05) is 41.4 Å². The van der Waals surface area contributed by atoms with Gasteiger partial charge in [-0.2, -0.15) is 0 Å². The molecule has 5 rings (SSSR count). The number of nitrogens with one attached hydrogen (secondary N) is 3. The fourth-order valence-corrected chi connectivity index (χ4v) is 5.53. The predicted octanol–water partition coefficient (Wildman–Crippen LogP) is 3.14. The first kappa shape index (κ1) is 30.9. The van der Waals surface area contributed by atoms with Crippen LogP contribution in [0.2, 0.25) is 10.0 Å². The third-order valence-corrected chi connectivity index (χ3v) is 8.07. The largest absolute Gasteiger partial charge is 0.481 e. The van der Waals surface area contributed by atoms with Gasteiger partial charge in [0.2, 0.25) is 11.8 Å². The van der Waals surface area contributed by atoms with E-state index in [4.69, 9.17) is 27.9 Å². The molecular formula is C30H29Cl2N7O5. The second kappa shape index (κ2) is 13.0. The molecule has 0 radical (unpaired) electrons. The van der Waals surface area contributed by atoms with Crippen LogP contribution in [0.5, 0.6) is 5.88 Å². The average molecular weight is 639 g/mol. The molecule has 0 bridgehead atoms. The van der Waals surface area contributed by atoms with E-state index in [2.05, 4.69) is 25.9 Å². The fourth-order valence-electron chi connectivity index (χ4n) is 4.94. The summed E-state index contributed by atoms with van der Waals surface area (Å²) in [7, 11) is 4.28. The number of halogens is 2. The highest BCUT2D eigenvalue weighted by atomic mass is 35.5. The number of aryl methyl sites for hydroxylation is 1. The minimum absolute atomic E-state index is 0.0677. The van der Waals surface area contributed by atoms with E-state index in [0.29, 0.717) is 47.9 Å². The summed E-state index contributed by atoms with van der Waals surface area (Å²) in [5.74, 6) is -0.250. The highest BCUT2D eigenvalue weighted by Gasteiger charge is 2.22. The van der Waals surface area contributed by atoms with Crippen LogP contribution in [-0.4, -0.2) is 50.6 Å². The average Bonchev–Trinajstić information content (AvgIpc) is 3.44. The number of aromatic nitrogens is 4. The van der Waals surface area contributed by atoms with Crippen molar-refractivity contribution in [2.24, 2.45) is 14.1 Å². The maximum Gasteiger partial charge on any atom is 0.330 e. The van der Waals surface area contributed by atoms with E-state index in [-0.39, 0.29) is 33.2 Å². The molecule has 0 unspecified atom stereocenters. The zero-order valence-corrected chi connectivity index (χ0v) is 25.6. The normalized spacial score (nSPS) is 14.4. The molecule has 0 aliphatic carbocycles. The van der Waals surface area contributed by atoms with Crippen molar-refractivity contribution in [2.45, 2.75) is 25.4 Å². The van der Waals surface area contributed by atoms with Crippen LogP contribution in [0.15, 0.2) is 58.4 Å². The maximum atomic E-state index is 13.0. The third-order valence-electron chi connectivity index (χ3n) is 7.28. The lowest BCUT2D eigenvalue weighted by Crippen LogP contribution is -2.40. The molecule has 44 heavy (non-hydrogen) atoms. The molecule has 1 atom stereocenters. The molecular weight excluding hydrogens is 609 g/mol. The molecule has 1 aliphatic heterocycles. The van der Waals surface area contributed by atoms with E-state index in [1.807, 2.05) is 6.07 Å². The van der Waals surface area contributed by atoms with Crippen LogP contribution in [0.3, 0.4) is 0 Å². The molecule has 1 aromatic carbocycles. The van der Waals surface area contributed by atoms with Gasteiger partial charge in [0.15, 0.2) is 0 Å². The molecule has 228 valence electrons. The van der Waals surface area contributed by atoms with Crippen molar-refractivity contribution in [3.8, 4) is 28.4 Å². The minimum atomic E-state index is -0.730. The number of carbonyl (C=O) groups excluding carboxylic acids is 2. The Labute approximate surface area is 262 Å². The first-order valence-corrected chi connectivity index (χ1v) is 14.4. The maximum absolute atomic E-state index is 13.0. The summed E-state index contributed by atoms with van der Waals surface area (Å²) < 4.78 is 7.55. The Hall–Kier alpha value is -4.52. The number of pyridine rings is 2. The third kappa shape index (κ3) is 6.23. The molecule has 14 heteroatoms. The van der Waals surface area contributed by atoms with Crippen molar-refractivity contribution in [3.63, 3.8) is 0 Å². The molecule has 3 N–H and O–H groups in total. The molecule has 4 heterocycles. The van der Waals surface area contributed by atoms with Gasteiger partial charge >= 0.3 is 5.69 Å². The summed E-state index contributed by atoms with van der Waals surface area (Å²) >= 11 is 13.6. The number of ether oxygens (including phenoxy) is 1. The molecule has 1 aliphatic rings. The second-order valence-electron chi connectivity index (χ2n) is 10.2. The first-order chi connectivity index (χ1) is 21.1. The number of nitrogens with zero attached hydrogens (tertiary/aromatic N) is 4. The van der Waals surface area contributed by atoms with Crippen LogP contribution in [0.25, 0.3) is 22.5 Å². The van der Waals surface area contributed by atoms with Crippen molar-refractivity contribution in [3.05, 3.63) is 90.8 Å². The van der Waals surface area contributed by atoms with Crippen LogP contribution in [-0.2, 0) is 25.4 Å². The number of rotatable bonds is 9. The SMILES string of the molecule is COc1nc(-c2nccc(-c3cccc(NC(=O)c4cn(C)c(=O)n(C)c4=O)c3Cl)c2Cl)ccc1CNC[C@@H]1CCC(=O)N1. The summed E-state index contributed by atoms with van der Waals surface area (Å²) in [6, 6.07) is 10.5. The Balaban J connectivity index is 1.40. The van der Waals surface area contributed by atoms with Crippen molar-refractivity contribution in [1.29, 1.82) is 0 Å². The van der Waals surface area contributed by atoms with Gasteiger partial charge in [-0.15, -0.1) is 0 Å². The van der Waals surface area contributed by atoms with Gasteiger partial charge < -0.3 is 25.3 Å². The van der Waals surface area contributed by atoms with Crippen LogP contribution < -0.4 is 31.9 Å². The molecule has 4 aromatic rings. The van der Waals surface area contributed by atoms with Gasteiger partial charge in [0.1, 0.15) is 11.3 Å². The molecule has 3 aromatic heterocycles. The smallest absolute Gasteiger partial charge is 0.330 e. The van der Waals surface area contributed by atoms with E-state index in [9.17, 15) is 19.2 Å². The highest BCUT2D eigenvalue weighted by Crippen LogP contribution is 2.40. The fraction of sp³-hybridized carbons (Fsp3) is 0.267. The Kier molecular flexibility index (Phi) is 9.14. The van der Waals surface area contributed by atoms with E-state index in [1.165, 1.54) is 27.4 Å². The number of anilines is 1. The van der Waals surface area contributed by atoms with E-state index in [1.54, 1.807) is 36.5 Å². The molecule has 0 spiro atoms. The molecule has 2 amide bonds. The van der Waals surface area contributed by atoms with Crippen LogP contribution in [0.1, 0.15) is 28.8 Å². The van der Waals surface area contributed by atoms with E-state index >= 15 is 0 Å². The van der Waals surface area contributed by atoms with Crippen molar-refractivity contribution in [2.75, 3.05) is 19.0 Å². The number of methoxy groups -OCH3 is 1. The number of carbonyl (C=O) groups is 2. The quantitative estimate of drug-likeness (QED) is 0.253. The van der Waals surface area contributed by atoms with Crippen molar-refractivity contribution >= 4 is 40.7 Å². The summed E-state index contributed by atoms with van der Waals surface area (Å²) in [4.78, 5) is 58.1. The summed E-state index contributed by atoms with van der Waals surface area (Å²) in [6.07, 6.45) is 4.10. The van der Waals surface area contributed by atoms with Crippen LogP contribution in [0.4, 0.5) is 5.69 Å². The summed E-state index contributed by atoms with van der Waals surface area (Å²) in [5, 5.41) is 9.39. The zero-order valence-electron chi connectivity index (χ0n) is 24.1. The lowest BCUT2D eigenvalue weighted by atomic mass is 10.0. The van der Waals surface area contributed by atoms with Crippen LogP contribution in [0, 0.1) is 0 Å². The Bertz CT molecular complexity index is 1890. The van der Waals surface area contributed by atoms with E-state index in [0.717, 1.165) is 21.1 Å². The lowest BCUT2D eigenvalue weighted by Gasteiger charge is -2.15. The standard InChI is InChI=1S/C30H29Cl2N7O5/c1-38-15-20(29(42)39(2)30(38)43)27(41)36-21-6-4-5-18(24(21)31)19-11-12-34-26(25(19)32)22-9-7-16(28(37-22)44-3)13-33-14-17-8-10-23(40)35-17/h4-7,9,11-12,15,17,33H,8,10,13-14H2,1-3H3,(H,35,40)(H,36,41)/t17-/m0/s1. The first-order valence-electron chi connectivity index (χ1n) is 13.6. The van der Waals surface area contributed by atoms with Gasteiger partial charge in [-0.05, 0) is 24.6 Å². The molecule has 1 fully saturated rings. The molecule has 0 saturated carbocycles. The number of benzene rings is 1. The van der Waals surface area contributed by atoms with Crippen molar-refractivity contribution < 1.29 is 14.3 Å². The van der Waals surface area contributed by atoms with Gasteiger partial charge in [-0.3, -0.25) is 23.9 Å².